The first-order valence-electron chi connectivity index (χ1n) is 7.06. The van der Waals surface area contributed by atoms with Gasteiger partial charge in [0, 0.05) is 13.6 Å². The Hall–Kier alpha value is -1.64. The van der Waals surface area contributed by atoms with Crippen LogP contribution in [0.1, 0.15) is 24.9 Å². The predicted octanol–water partition coefficient (Wildman–Crippen LogP) is 0.411. The van der Waals surface area contributed by atoms with Crippen LogP contribution in [-0.2, 0) is 15.0 Å². The number of nitrogens with one attached hydrogen (secondary N) is 2. The number of likely N-dealkylation sites (N-methyl/N-ethyl adjacent to an activating group) is 2. The van der Waals surface area contributed by atoms with E-state index in [0.717, 1.165) is 9.87 Å². The van der Waals surface area contributed by atoms with Crippen molar-refractivity contribution in [3.05, 3.63) is 29.8 Å². The second-order valence-corrected chi connectivity index (χ2v) is 6.88. The number of rotatable bonds is 4. The Labute approximate surface area is 130 Å². The minimum absolute atomic E-state index is 0.289. The highest BCUT2D eigenvalue weighted by molar-refractivity contribution is 7.87. The first-order valence-corrected chi connectivity index (χ1v) is 8.50. The zero-order valence-corrected chi connectivity index (χ0v) is 13.7. The maximum atomic E-state index is 12.2. The Morgan fingerprint density at radius 2 is 2.23 bits per heavy atom. The molecule has 0 radical (unpaired) electrons. The molecule has 1 fully saturated rings. The van der Waals surface area contributed by atoms with Crippen LogP contribution in [0.5, 0.6) is 5.75 Å². The summed E-state index contributed by atoms with van der Waals surface area (Å²) in [7, 11) is -0.751. The number of methoxy groups -OCH3 is 1. The molecule has 1 aliphatic rings. The molecule has 1 heterocycles. The molecule has 1 amide bonds. The number of amides is 1. The van der Waals surface area contributed by atoms with Gasteiger partial charge >= 0.3 is 0 Å². The number of hydrogen-bond donors (Lipinski definition) is 2. The molecule has 0 spiro atoms. The minimum Gasteiger partial charge on any atom is -0.497 e. The quantitative estimate of drug-likeness (QED) is 0.838. The molecule has 0 unspecified atom stereocenters. The summed E-state index contributed by atoms with van der Waals surface area (Å²) < 4.78 is 33.3. The Balaban J connectivity index is 2.31. The predicted molar refractivity (Wildman–Crippen MR) is 82.6 cm³/mol. The lowest BCUT2D eigenvalue weighted by Gasteiger charge is -2.36. The number of carbonyl (C=O) groups excluding carboxylic acids is 1. The van der Waals surface area contributed by atoms with Crippen molar-refractivity contribution >= 4 is 16.1 Å². The molecule has 1 aromatic carbocycles. The maximum Gasteiger partial charge on any atom is 0.280 e. The van der Waals surface area contributed by atoms with Crippen molar-refractivity contribution in [2.75, 3.05) is 20.7 Å². The summed E-state index contributed by atoms with van der Waals surface area (Å²) in [6.45, 7) is 2.26. The fraction of sp³-hybridized carbons (Fsp3) is 0.500. The Morgan fingerprint density at radius 1 is 1.50 bits per heavy atom. The molecule has 22 heavy (non-hydrogen) atoms. The molecular formula is C14H21N3O4S. The van der Waals surface area contributed by atoms with Crippen LogP contribution in [0.25, 0.3) is 0 Å². The van der Waals surface area contributed by atoms with Crippen LogP contribution in [0.3, 0.4) is 0 Å². The average molecular weight is 327 g/mol. The number of carbonyl (C=O) groups is 1. The minimum atomic E-state index is -3.71. The van der Waals surface area contributed by atoms with Crippen molar-refractivity contribution in [1.82, 2.24) is 14.3 Å². The summed E-state index contributed by atoms with van der Waals surface area (Å²) in [5.41, 5.74) is 0.769. The van der Waals surface area contributed by atoms with Gasteiger partial charge < -0.3 is 10.1 Å². The van der Waals surface area contributed by atoms with E-state index in [-0.39, 0.29) is 5.91 Å². The highest BCUT2D eigenvalue weighted by atomic mass is 32.2. The fourth-order valence-electron chi connectivity index (χ4n) is 2.48. The van der Waals surface area contributed by atoms with Crippen LogP contribution in [-0.4, -0.2) is 45.4 Å². The third-order valence-corrected chi connectivity index (χ3v) is 5.31. The molecule has 1 aromatic rings. The van der Waals surface area contributed by atoms with E-state index in [9.17, 15) is 13.2 Å². The molecule has 7 nitrogen and oxygen atoms in total. The van der Waals surface area contributed by atoms with Crippen LogP contribution >= 0.6 is 0 Å². The number of nitrogens with zero attached hydrogens (tertiary/aromatic N) is 1. The van der Waals surface area contributed by atoms with E-state index < -0.39 is 22.3 Å². The Kier molecular flexibility index (Phi) is 5.05. The standard InChI is InChI=1S/C14H21N3O4S/c1-4-15-14(18)13-9-12(16-22(19,20)17(13)2)10-6-5-7-11(8-10)21-3/h5-8,12-13,16H,4,9H2,1-3H3,(H,15,18)/t12-,13-/m0/s1. The molecule has 0 bridgehead atoms. The Bertz CT molecular complexity index is 647. The van der Waals surface area contributed by atoms with E-state index in [1.54, 1.807) is 32.2 Å². The van der Waals surface area contributed by atoms with E-state index in [0.29, 0.717) is 18.7 Å². The van der Waals surface area contributed by atoms with Gasteiger partial charge in [-0.1, -0.05) is 12.1 Å². The SMILES string of the molecule is CCNC(=O)[C@@H]1C[C@@H](c2cccc(OC)c2)NS(=O)(=O)N1C. The zero-order chi connectivity index (χ0) is 16.3. The monoisotopic (exact) mass is 327 g/mol. The number of ether oxygens (including phenoxy) is 1. The van der Waals surface area contributed by atoms with E-state index in [1.165, 1.54) is 7.05 Å². The Morgan fingerprint density at radius 3 is 2.86 bits per heavy atom. The summed E-state index contributed by atoms with van der Waals surface area (Å²) in [4.78, 5) is 12.1. The number of hydrogen-bond acceptors (Lipinski definition) is 4. The van der Waals surface area contributed by atoms with Gasteiger partial charge in [-0.2, -0.15) is 17.4 Å². The molecule has 2 rings (SSSR count). The van der Waals surface area contributed by atoms with Crippen molar-refractivity contribution < 1.29 is 17.9 Å². The summed E-state index contributed by atoms with van der Waals surface area (Å²) in [6.07, 6.45) is 0.356. The third-order valence-electron chi connectivity index (χ3n) is 3.72. The lowest BCUT2D eigenvalue weighted by molar-refractivity contribution is -0.125. The van der Waals surface area contributed by atoms with Crippen LogP contribution < -0.4 is 14.8 Å². The van der Waals surface area contributed by atoms with Gasteiger partial charge in [-0.25, -0.2) is 0 Å². The van der Waals surface area contributed by atoms with Gasteiger partial charge in [-0.05, 0) is 31.0 Å². The lowest BCUT2D eigenvalue weighted by atomic mass is 9.99. The molecule has 0 aromatic heterocycles. The van der Waals surface area contributed by atoms with Crippen LogP contribution in [0, 0.1) is 0 Å². The average Bonchev–Trinajstić information content (AvgIpc) is 2.50. The summed E-state index contributed by atoms with van der Waals surface area (Å²) in [5, 5.41) is 2.68. The van der Waals surface area contributed by atoms with Crippen molar-refractivity contribution in [3.63, 3.8) is 0 Å². The van der Waals surface area contributed by atoms with Crippen molar-refractivity contribution in [2.24, 2.45) is 0 Å². The fourth-order valence-corrected chi connectivity index (χ4v) is 3.75. The van der Waals surface area contributed by atoms with Crippen LogP contribution in [0.15, 0.2) is 24.3 Å². The third kappa shape index (κ3) is 3.40. The molecule has 0 saturated carbocycles. The summed E-state index contributed by atoms with van der Waals surface area (Å²) in [6, 6.07) is 5.96. The normalized spacial score (nSPS) is 24.7. The molecule has 122 valence electrons. The van der Waals surface area contributed by atoms with Gasteiger partial charge in [-0.3, -0.25) is 4.79 Å². The molecule has 8 heteroatoms. The molecule has 0 aliphatic carbocycles. The first-order chi connectivity index (χ1) is 10.4. The smallest absolute Gasteiger partial charge is 0.280 e. The lowest BCUT2D eigenvalue weighted by Crippen LogP contribution is -2.57. The van der Waals surface area contributed by atoms with Gasteiger partial charge in [0.15, 0.2) is 0 Å². The van der Waals surface area contributed by atoms with Crippen molar-refractivity contribution in [1.29, 1.82) is 0 Å². The highest BCUT2D eigenvalue weighted by Gasteiger charge is 2.40. The molecule has 1 saturated heterocycles. The largest absolute Gasteiger partial charge is 0.497 e. The maximum absolute atomic E-state index is 12.2. The van der Waals surface area contributed by atoms with Crippen LogP contribution in [0.2, 0.25) is 0 Å². The second kappa shape index (κ2) is 6.64. The summed E-state index contributed by atoms with van der Waals surface area (Å²) >= 11 is 0. The van der Waals surface area contributed by atoms with E-state index in [1.807, 2.05) is 6.07 Å². The first kappa shape index (κ1) is 16.7. The second-order valence-electron chi connectivity index (χ2n) is 5.11. The van der Waals surface area contributed by atoms with Gasteiger partial charge in [-0.15, -0.1) is 0 Å². The van der Waals surface area contributed by atoms with E-state index in [2.05, 4.69) is 10.0 Å². The highest BCUT2D eigenvalue weighted by Crippen LogP contribution is 2.29. The van der Waals surface area contributed by atoms with Crippen molar-refractivity contribution in [2.45, 2.75) is 25.4 Å². The van der Waals surface area contributed by atoms with Gasteiger partial charge in [0.1, 0.15) is 11.8 Å². The zero-order valence-electron chi connectivity index (χ0n) is 12.9. The van der Waals surface area contributed by atoms with Gasteiger partial charge in [0.25, 0.3) is 10.2 Å². The van der Waals surface area contributed by atoms with Crippen LogP contribution in [0.4, 0.5) is 0 Å². The van der Waals surface area contributed by atoms with Gasteiger partial charge in [0.05, 0.1) is 13.2 Å². The number of benzene rings is 1. The van der Waals surface area contributed by atoms with E-state index in [4.69, 9.17) is 4.74 Å². The molecule has 1 aliphatic heterocycles. The van der Waals surface area contributed by atoms with Crippen molar-refractivity contribution in [3.8, 4) is 5.75 Å². The molecular weight excluding hydrogens is 306 g/mol. The molecule has 2 atom stereocenters. The topological polar surface area (TPSA) is 87.7 Å². The summed E-state index contributed by atoms with van der Waals surface area (Å²) in [5.74, 6) is 0.355. The molecule has 2 N–H and O–H groups in total. The van der Waals surface area contributed by atoms with E-state index >= 15 is 0 Å². The van der Waals surface area contributed by atoms with Gasteiger partial charge in [0.2, 0.25) is 5.91 Å².